The van der Waals surface area contributed by atoms with Gasteiger partial charge in [-0.1, -0.05) is 36.9 Å². The second-order valence-corrected chi connectivity index (χ2v) is 7.45. The first-order valence-corrected chi connectivity index (χ1v) is 10.1. The van der Waals surface area contributed by atoms with Crippen molar-refractivity contribution in [3.63, 3.8) is 0 Å². The quantitative estimate of drug-likeness (QED) is 0.135. The van der Waals surface area contributed by atoms with E-state index < -0.39 is 61.9 Å². The van der Waals surface area contributed by atoms with Crippen LogP contribution in [-0.2, 0) is 25.6 Å². The number of aliphatic hydroxyl groups is 7. The molecule has 1 heterocycles. The summed E-state index contributed by atoms with van der Waals surface area (Å²) in [5, 5.41) is 70.2. The van der Waals surface area contributed by atoms with Gasteiger partial charge in [0.15, 0.2) is 6.29 Å². The first kappa shape index (κ1) is 26.6. The third kappa shape index (κ3) is 6.02. The Morgan fingerprint density at radius 1 is 1.09 bits per heavy atom. The van der Waals surface area contributed by atoms with Crippen LogP contribution in [0.25, 0.3) is 0 Å². The SMILES string of the molecule is C=C(OCc1ccccc1)C1OC(O[C@](CO)(OC)C(O)[C@@H](O)CCO)C(O)C(O)C1O. The standard InChI is InChI=1S/C21H32O11/c1-12(30-10-13-6-4-3-5-7-13)18-16(26)15(25)17(27)20(31-18)32-21(11-23,29-2)19(28)14(24)8-9-22/h3-7,14-20,22-28H,1,8-11H2,2H3/t14-,15?,16?,17?,18?,19?,20?,21-/m0/s1. The molecule has 0 amide bonds. The van der Waals surface area contributed by atoms with Gasteiger partial charge in [-0.25, -0.2) is 0 Å². The van der Waals surface area contributed by atoms with Gasteiger partial charge in [-0.15, -0.1) is 0 Å². The smallest absolute Gasteiger partial charge is 0.223 e. The third-order valence-electron chi connectivity index (χ3n) is 5.28. The van der Waals surface area contributed by atoms with Crippen molar-refractivity contribution in [1.82, 2.24) is 0 Å². The highest BCUT2D eigenvalue weighted by Crippen LogP contribution is 2.32. The Kier molecular flexibility index (Phi) is 9.98. The molecule has 11 nitrogen and oxygen atoms in total. The van der Waals surface area contributed by atoms with E-state index >= 15 is 0 Å². The van der Waals surface area contributed by atoms with Crippen molar-refractivity contribution < 1.29 is 54.7 Å². The van der Waals surface area contributed by atoms with Gasteiger partial charge in [0.1, 0.15) is 49.5 Å². The van der Waals surface area contributed by atoms with Crippen molar-refractivity contribution in [2.45, 2.75) is 61.7 Å². The Labute approximate surface area is 185 Å². The predicted molar refractivity (Wildman–Crippen MR) is 109 cm³/mol. The van der Waals surface area contributed by atoms with Crippen LogP contribution < -0.4 is 0 Å². The van der Waals surface area contributed by atoms with Gasteiger partial charge in [-0.05, 0) is 12.0 Å². The number of methoxy groups -OCH3 is 1. The number of ether oxygens (including phenoxy) is 4. The monoisotopic (exact) mass is 460 g/mol. The number of hydrogen-bond acceptors (Lipinski definition) is 11. The fourth-order valence-corrected chi connectivity index (χ4v) is 3.26. The molecular weight excluding hydrogens is 428 g/mol. The minimum atomic E-state index is -2.28. The number of rotatable bonds is 12. The molecule has 182 valence electrons. The minimum Gasteiger partial charge on any atom is -0.491 e. The lowest BCUT2D eigenvalue weighted by Gasteiger charge is -2.45. The van der Waals surface area contributed by atoms with Crippen molar-refractivity contribution in [2.75, 3.05) is 20.3 Å². The van der Waals surface area contributed by atoms with Crippen molar-refractivity contribution in [1.29, 1.82) is 0 Å². The van der Waals surface area contributed by atoms with Crippen LogP contribution in [0.1, 0.15) is 12.0 Å². The van der Waals surface area contributed by atoms with Crippen LogP contribution in [0.15, 0.2) is 42.7 Å². The third-order valence-corrected chi connectivity index (χ3v) is 5.28. The molecule has 1 aromatic carbocycles. The molecule has 1 fully saturated rings. The molecule has 1 aromatic rings. The summed E-state index contributed by atoms with van der Waals surface area (Å²) in [6.07, 6.45) is -11.9. The molecule has 0 aliphatic carbocycles. The van der Waals surface area contributed by atoms with Crippen LogP contribution in [0.3, 0.4) is 0 Å². The molecule has 0 spiro atoms. The van der Waals surface area contributed by atoms with E-state index in [9.17, 15) is 30.6 Å². The zero-order chi connectivity index (χ0) is 23.9. The summed E-state index contributed by atoms with van der Waals surface area (Å²) in [5.41, 5.74) is 0.812. The molecule has 7 N–H and O–H groups in total. The second kappa shape index (κ2) is 12.0. The van der Waals surface area contributed by atoms with Gasteiger partial charge in [0, 0.05) is 13.7 Å². The molecule has 1 aliphatic rings. The van der Waals surface area contributed by atoms with Gasteiger partial charge < -0.3 is 54.7 Å². The molecule has 6 unspecified atom stereocenters. The van der Waals surface area contributed by atoms with Gasteiger partial charge >= 0.3 is 0 Å². The fraction of sp³-hybridized carbons (Fsp3) is 0.619. The number of aliphatic hydroxyl groups excluding tert-OH is 7. The normalized spacial score (nSPS) is 29.7. The van der Waals surface area contributed by atoms with Crippen molar-refractivity contribution in [3.05, 3.63) is 48.2 Å². The molecule has 32 heavy (non-hydrogen) atoms. The summed E-state index contributed by atoms with van der Waals surface area (Å²) >= 11 is 0. The predicted octanol–water partition coefficient (Wildman–Crippen LogP) is -2.02. The highest BCUT2D eigenvalue weighted by Gasteiger charge is 2.52. The van der Waals surface area contributed by atoms with E-state index in [0.29, 0.717) is 0 Å². The van der Waals surface area contributed by atoms with Crippen LogP contribution in [0.5, 0.6) is 0 Å². The maximum absolute atomic E-state index is 10.4. The summed E-state index contributed by atoms with van der Waals surface area (Å²) in [7, 11) is 1.07. The van der Waals surface area contributed by atoms with Gasteiger partial charge in [-0.2, -0.15) is 0 Å². The van der Waals surface area contributed by atoms with E-state index in [2.05, 4.69) is 6.58 Å². The first-order valence-electron chi connectivity index (χ1n) is 10.1. The second-order valence-electron chi connectivity index (χ2n) is 7.45. The fourth-order valence-electron chi connectivity index (χ4n) is 3.26. The molecular formula is C21H32O11. The molecule has 11 heteroatoms. The van der Waals surface area contributed by atoms with Gasteiger partial charge in [0.25, 0.3) is 0 Å². The average Bonchev–Trinajstić information content (AvgIpc) is 2.81. The zero-order valence-corrected chi connectivity index (χ0v) is 17.7. The number of benzene rings is 1. The highest BCUT2D eigenvalue weighted by molar-refractivity contribution is 5.14. The Hall–Kier alpha value is -1.64. The summed E-state index contributed by atoms with van der Waals surface area (Å²) in [5.74, 6) is -2.34. The maximum Gasteiger partial charge on any atom is 0.223 e. The maximum atomic E-state index is 10.4. The molecule has 1 aliphatic heterocycles. The molecule has 2 rings (SSSR count). The Balaban J connectivity index is 2.16. The average molecular weight is 460 g/mol. The molecule has 0 bridgehead atoms. The van der Waals surface area contributed by atoms with Crippen LogP contribution in [-0.4, -0.2) is 105 Å². The van der Waals surface area contributed by atoms with E-state index in [1.54, 1.807) is 0 Å². The lowest BCUT2D eigenvalue weighted by atomic mass is 9.97. The summed E-state index contributed by atoms with van der Waals surface area (Å²) in [6.45, 7) is 2.37. The topological polar surface area (TPSA) is 179 Å². The highest BCUT2D eigenvalue weighted by atomic mass is 16.8. The zero-order valence-electron chi connectivity index (χ0n) is 17.7. The van der Waals surface area contributed by atoms with E-state index in [-0.39, 0.29) is 18.8 Å². The van der Waals surface area contributed by atoms with Crippen molar-refractivity contribution >= 4 is 0 Å². The Bertz CT molecular complexity index is 696. The van der Waals surface area contributed by atoms with Crippen LogP contribution in [0.2, 0.25) is 0 Å². The largest absolute Gasteiger partial charge is 0.491 e. The lowest BCUT2D eigenvalue weighted by Crippen LogP contribution is -2.64. The van der Waals surface area contributed by atoms with Crippen LogP contribution in [0, 0.1) is 0 Å². The van der Waals surface area contributed by atoms with Crippen LogP contribution >= 0.6 is 0 Å². The van der Waals surface area contributed by atoms with E-state index in [1.807, 2.05) is 30.3 Å². The summed E-state index contributed by atoms with van der Waals surface area (Å²) < 4.78 is 21.6. The van der Waals surface area contributed by atoms with Crippen molar-refractivity contribution in [3.8, 4) is 0 Å². The Morgan fingerprint density at radius 3 is 2.31 bits per heavy atom. The van der Waals surface area contributed by atoms with Gasteiger partial charge in [-0.3, -0.25) is 0 Å². The van der Waals surface area contributed by atoms with Crippen LogP contribution in [0.4, 0.5) is 0 Å². The molecule has 0 radical (unpaired) electrons. The molecule has 8 atom stereocenters. The molecule has 1 saturated heterocycles. The minimum absolute atomic E-state index is 0.0613. The molecule has 0 aromatic heterocycles. The summed E-state index contributed by atoms with van der Waals surface area (Å²) in [6, 6.07) is 9.08. The van der Waals surface area contributed by atoms with Gasteiger partial charge in [0.2, 0.25) is 5.79 Å². The van der Waals surface area contributed by atoms with Gasteiger partial charge in [0.05, 0.1) is 6.10 Å². The number of hydrogen-bond donors (Lipinski definition) is 7. The van der Waals surface area contributed by atoms with E-state index in [0.717, 1.165) is 12.7 Å². The lowest BCUT2D eigenvalue weighted by molar-refractivity contribution is -0.391. The van der Waals surface area contributed by atoms with E-state index in [1.165, 1.54) is 0 Å². The molecule has 0 saturated carbocycles. The van der Waals surface area contributed by atoms with E-state index in [4.69, 9.17) is 24.1 Å². The summed E-state index contributed by atoms with van der Waals surface area (Å²) in [4.78, 5) is 0. The first-order chi connectivity index (χ1) is 15.2. The van der Waals surface area contributed by atoms with Crippen molar-refractivity contribution in [2.24, 2.45) is 0 Å². The Morgan fingerprint density at radius 2 is 1.75 bits per heavy atom.